The maximum absolute atomic E-state index is 12.5. The Morgan fingerprint density at radius 2 is 1.52 bits per heavy atom. The van der Waals surface area contributed by atoms with Crippen LogP contribution in [0.1, 0.15) is 10.4 Å². The molecule has 0 saturated heterocycles. The lowest BCUT2D eigenvalue weighted by Gasteiger charge is -2.09. The molecule has 0 aliphatic heterocycles. The Balaban J connectivity index is 1.87. The van der Waals surface area contributed by atoms with E-state index in [2.05, 4.69) is 5.32 Å². The van der Waals surface area contributed by atoms with Crippen LogP contribution in [0.15, 0.2) is 71.6 Å². The van der Waals surface area contributed by atoms with E-state index in [1.165, 1.54) is 12.1 Å². The minimum Gasteiger partial charge on any atom is -0.321 e. The van der Waals surface area contributed by atoms with E-state index in [0.717, 1.165) is 22.9 Å². The second-order valence-electron chi connectivity index (χ2n) is 5.31. The number of anilines is 1. The Morgan fingerprint density at radius 1 is 0.880 bits per heavy atom. The number of nitrogens with one attached hydrogen (secondary N) is 1. The smallest absolute Gasteiger partial charge is 0.321 e. The van der Waals surface area contributed by atoms with Crippen molar-refractivity contribution in [2.24, 2.45) is 0 Å². The molecular weight excluding hydrogens is 348 g/mol. The maximum atomic E-state index is 12.5. The predicted molar refractivity (Wildman–Crippen MR) is 91.5 cm³/mol. The minimum absolute atomic E-state index is 0.168. The van der Waals surface area contributed by atoms with Gasteiger partial charge in [-0.05, 0) is 35.7 Å². The van der Waals surface area contributed by atoms with Crippen molar-refractivity contribution in [3.63, 3.8) is 0 Å². The average Bonchev–Trinajstić information content (AvgIpc) is 2.62. The van der Waals surface area contributed by atoms with Crippen molar-refractivity contribution in [1.82, 2.24) is 0 Å². The first-order valence-corrected chi connectivity index (χ1v) is 8.85. The molecule has 0 saturated carbocycles. The van der Waals surface area contributed by atoms with Crippen LogP contribution in [0.5, 0.6) is 0 Å². The van der Waals surface area contributed by atoms with Crippen LogP contribution in [-0.2, 0) is 9.84 Å². The molecule has 1 amide bonds. The molecule has 0 aromatic heterocycles. The summed E-state index contributed by atoms with van der Waals surface area (Å²) in [6.07, 6.45) is 0. The number of carbonyl (C=O) groups excluding carboxylic acids is 1. The number of carbonyl (C=O) groups is 1. The van der Waals surface area contributed by atoms with Gasteiger partial charge in [0.2, 0.25) is 9.84 Å². The SMILES string of the molecule is O=C(Nc1cccc2ccccc12)c1ccc(S(=O)(=O)C(F)F)cc1. The van der Waals surface area contributed by atoms with Crippen LogP contribution >= 0.6 is 0 Å². The molecule has 7 heteroatoms. The summed E-state index contributed by atoms with van der Waals surface area (Å²) in [7, 11) is -4.67. The third-order valence-electron chi connectivity index (χ3n) is 3.72. The summed E-state index contributed by atoms with van der Waals surface area (Å²) >= 11 is 0. The fourth-order valence-electron chi connectivity index (χ4n) is 2.43. The van der Waals surface area contributed by atoms with Gasteiger partial charge in [-0.2, -0.15) is 8.78 Å². The lowest BCUT2D eigenvalue weighted by Crippen LogP contribution is -2.14. The van der Waals surface area contributed by atoms with Crippen LogP contribution in [0.4, 0.5) is 14.5 Å². The molecule has 0 unspecified atom stereocenters. The lowest BCUT2D eigenvalue weighted by atomic mass is 10.1. The highest BCUT2D eigenvalue weighted by molar-refractivity contribution is 7.91. The van der Waals surface area contributed by atoms with Gasteiger partial charge in [0, 0.05) is 16.6 Å². The van der Waals surface area contributed by atoms with E-state index in [1.54, 1.807) is 12.1 Å². The Kier molecular flexibility index (Phi) is 4.50. The minimum atomic E-state index is -4.67. The molecule has 1 N–H and O–H groups in total. The fourth-order valence-corrected chi connectivity index (χ4v) is 3.15. The zero-order valence-corrected chi connectivity index (χ0v) is 13.6. The van der Waals surface area contributed by atoms with E-state index >= 15 is 0 Å². The van der Waals surface area contributed by atoms with Gasteiger partial charge in [-0.25, -0.2) is 8.42 Å². The number of sulfone groups is 1. The highest BCUT2D eigenvalue weighted by Gasteiger charge is 2.26. The Hall–Kier alpha value is -2.80. The number of rotatable bonds is 4. The van der Waals surface area contributed by atoms with Gasteiger partial charge in [0.1, 0.15) is 0 Å². The second kappa shape index (κ2) is 6.60. The maximum Gasteiger partial charge on any atom is 0.341 e. The van der Waals surface area contributed by atoms with Crippen LogP contribution in [0, 0.1) is 0 Å². The van der Waals surface area contributed by atoms with E-state index in [0.29, 0.717) is 5.69 Å². The molecule has 0 heterocycles. The van der Waals surface area contributed by atoms with Crippen molar-refractivity contribution in [3.8, 4) is 0 Å². The summed E-state index contributed by atoms with van der Waals surface area (Å²) in [5.74, 6) is -3.96. The molecule has 0 spiro atoms. The van der Waals surface area contributed by atoms with Crippen LogP contribution in [0.2, 0.25) is 0 Å². The van der Waals surface area contributed by atoms with Crippen LogP contribution in [-0.4, -0.2) is 20.1 Å². The summed E-state index contributed by atoms with van der Waals surface area (Å²) in [5, 5.41) is 4.56. The standard InChI is InChI=1S/C18H13F2NO3S/c19-18(20)25(23,24)14-10-8-13(9-11-14)17(22)21-16-7-3-5-12-4-1-2-6-15(12)16/h1-11,18H,(H,21,22). The van der Waals surface area contributed by atoms with E-state index in [1.807, 2.05) is 30.3 Å². The molecule has 0 aliphatic carbocycles. The number of hydrogen-bond donors (Lipinski definition) is 1. The molecule has 0 fully saturated rings. The molecular formula is C18H13F2NO3S. The lowest BCUT2D eigenvalue weighted by molar-refractivity contribution is 0.102. The molecule has 25 heavy (non-hydrogen) atoms. The van der Waals surface area contributed by atoms with E-state index in [9.17, 15) is 22.0 Å². The first-order chi connectivity index (χ1) is 11.9. The zero-order valence-electron chi connectivity index (χ0n) is 12.8. The van der Waals surface area contributed by atoms with E-state index in [4.69, 9.17) is 0 Å². The van der Waals surface area contributed by atoms with Gasteiger partial charge in [0.25, 0.3) is 5.91 Å². The zero-order chi connectivity index (χ0) is 18.0. The first-order valence-electron chi connectivity index (χ1n) is 7.31. The fraction of sp³-hybridized carbons (Fsp3) is 0.0556. The number of hydrogen-bond acceptors (Lipinski definition) is 3. The van der Waals surface area contributed by atoms with Crippen LogP contribution in [0.3, 0.4) is 0 Å². The monoisotopic (exact) mass is 361 g/mol. The summed E-state index contributed by atoms with van der Waals surface area (Å²) in [6, 6.07) is 17.4. The van der Waals surface area contributed by atoms with Crippen molar-refractivity contribution in [3.05, 3.63) is 72.3 Å². The van der Waals surface area contributed by atoms with E-state index in [-0.39, 0.29) is 5.56 Å². The molecule has 128 valence electrons. The number of fused-ring (bicyclic) bond motifs is 1. The number of amides is 1. The van der Waals surface area contributed by atoms with Gasteiger partial charge < -0.3 is 5.32 Å². The van der Waals surface area contributed by atoms with Crippen molar-refractivity contribution in [2.75, 3.05) is 5.32 Å². The molecule has 3 aromatic rings. The largest absolute Gasteiger partial charge is 0.341 e. The molecule has 0 aliphatic rings. The summed E-state index contributed by atoms with van der Waals surface area (Å²) in [6.45, 7) is 0. The van der Waals surface area contributed by atoms with Gasteiger partial charge in [-0.15, -0.1) is 0 Å². The van der Waals surface area contributed by atoms with Crippen molar-refractivity contribution < 1.29 is 22.0 Å². The highest BCUT2D eigenvalue weighted by atomic mass is 32.2. The van der Waals surface area contributed by atoms with Crippen molar-refractivity contribution >= 4 is 32.2 Å². The van der Waals surface area contributed by atoms with Crippen molar-refractivity contribution in [1.29, 1.82) is 0 Å². The van der Waals surface area contributed by atoms with Crippen LogP contribution < -0.4 is 5.32 Å². The third-order valence-corrected chi connectivity index (χ3v) is 5.12. The molecule has 3 rings (SSSR count). The third kappa shape index (κ3) is 3.36. The summed E-state index contributed by atoms with van der Waals surface area (Å²) in [5.41, 5.74) is 0.772. The van der Waals surface area contributed by atoms with Crippen molar-refractivity contribution in [2.45, 2.75) is 10.7 Å². The van der Waals surface area contributed by atoms with Gasteiger partial charge in [-0.3, -0.25) is 4.79 Å². The number of benzene rings is 3. The first kappa shape index (κ1) is 17.0. The number of alkyl halides is 2. The molecule has 0 radical (unpaired) electrons. The second-order valence-corrected chi connectivity index (χ2v) is 7.23. The Morgan fingerprint density at radius 3 is 2.20 bits per heavy atom. The molecule has 0 bridgehead atoms. The highest BCUT2D eigenvalue weighted by Crippen LogP contribution is 2.24. The van der Waals surface area contributed by atoms with Crippen LogP contribution in [0.25, 0.3) is 10.8 Å². The quantitative estimate of drug-likeness (QED) is 0.761. The van der Waals surface area contributed by atoms with Gasteiger partial charge in [0.05, 0.1) is 4.90 Å². The normalized spacial score (nSPS) is 11.6. The summed E-state index contributed by atoms with van der Waals surface area (Å²) in [4.78, 5) is 11.8. The molecule has 4 nitrogen and oxygen atoms in total. The Bertz CT molecular complexity index is 1030. The van der Waals surface area contributed by atoms with Gasteiger partial charge >= 0.3 is 5.76 Å². The van der Waals surface area contributed by atoms with Gasteiger partial charge in [-0.1, -0.05) is 36.4 Å². The van der Waals surface area contributed by atoms with E-state index < -0.39 is 26.4 Å². The Labute approximate surface area is 143 Å². The van der Waals surface area contributed by atoms with Gasteiger partial charge in [0.15, 0.2) is 0 Å². The summed E-state index contributed by atoms with van der Waals surface area (Å²) < 4.78 is 47.9. The predicted octanol–water partition coefficient (Wildman–Crippen LogP) is 4.09. The number of halogens is 2. The molecule has 3 aromatic carbocycles. The molecule has 0 atom stereocenters. The topological polar surface area (TPSA) is 63.2 Å². The average molecular weight is 361 g/mol.